The molecule has 0 saturated carbocycles. The average molecular weight is 246 g/mol. The number of methoxy groups -OCH3 is 1. The first-order valence-electron chi connectivity index (χ1n) is 5.36. The highest BCUT2D eigenvalue weighted by atomic mass is 35.5. The van der Waals surface area contributed by atoms with Gasteiger partial charge in [-0.15, -0.1) is 0 Å². The second-order valence-electron chi connectivity index (χ2n) is 3.64. The molecule has 1 N–H and O–H groups in total. The van der Waals surface area contributed by atoms with E-state index in [1.165, 1.54) is 6.07 Å². The summed E-state index contributed by atoms with van der Waals surface area (Å²) in [5, 5.41) is 3.45. The van der Waals surface area contributed by atoms with E-state index in [2.05, 4.69) is 12.2 Å². The van der Waals surface area contributed by atoms with Crippen molar-refractivity contribution in [2.45, 2.75) is 19.4 Å². The molecular formula is C12H17ClFNO. The minimum Gasteiger partial charge on any atom is -0.383 e. The van der Waals surface area contributed by atoms with E-state index in [4.69, 9.17) is 16.3 Å². The predicted octanol–water partition coefficient (Wildman–Crippen LogP) is 3.17. The molecule has 0 amide bonds. The molecule has 0 aliphatic rings. The van der Waals surface area contributed by atoms with E-state index in [0.29, 0.717) is 6.61 Å². The minimum atomic E-state index is -0.390. The third-order valence-corrected chi connectivity index (χ3v) is 2.63. The Hall–Kier alpha value is -0.640. The lowest BCUT2D eigenvalue weighted by atomic mass is 10.1. The standard InChI is InChI=1S/C12H17ClFNO/c1-3-6-15-12(8-16-2)9-4-5-10(13)11(14)7-9/h4-5,7,12,15H,3,6,8H2,1-2H3. The molecule has 1 unspecified atom stereocenters. The van der Waals surface area contributed by atoms with Crippen LogP contribution in [0.3, 0.4) is 0 Å². The van der Waals surface area contributed by atoms with Gasteiger partial charge in [-0.2, -0.15) is 0 Å². The molecular weight excluding hydrogens is 229 g/mol. The summed E-state index contributed by atoms with van der Waals surface area (Å²) in [5.74, 6) is -0.390. The van der Waals surface area contributed by atoms with Crippen molar-refractivity contribution in [2.24, 2.45) is 0 Å². The van der Waals surface area contributed by atoms with E-state index < -0.39 is 5.82 Å². The summed E-state index contributed by atoms with van der Waals surface area (Å²) in [6.45, 7) is 3.47. The zero-order chi connectivity index (χ0) is 12.0. The molecule has 0 aliphatic heterocycles. The number of rotatable bonds is 6. The fourth-order valence-electron chi connectivity index (χ4n) is 1.49. The van der Waals surface area contributed by atoms with Gasteiger partial charge in [0.25, 0.3) is 0 Å². The Morgan fingerprint density at radius 3 is 2.81 bits per heavy atom. The van der Waals surface area contributed by atoms with Crippen molar-refractivity contribution in [1.82, 2.24) is 5.32 Å². The first-order chi connectivity index (χ1) is 7.69. The summed E-state index contributed by atoms with van der Waals surface area (Å²) >= 11 is 5.64. The van der Waals surface area contributed by atoms with Gasteiger partial charge in [0.15, 0.2) is 0 Å². The second-order valence-corrected chi connectivity index (χ2v) is 4.04. The van der Waals surface area contributed by atoms with Crippen LogP contribution in [0.25, 0.3) is 0 Å². The van der Waals surface area contributed by atoms with Crippen LogP contribution in [0.5, 0.6) is 0 Å². The third kappa shape index (κ3) is 3.74. The van der Waals surface area contributed by atoms with E-state index in [0.717, 1.165) is 18.5 Å². The Morgan fingerprint density at radius 2 is 2.25 bits per heavy atom. The molecule has 1 atom stereocenters. The number of hydrogen-bond acceptors (Lipinski definition) is 2. The van der Waals surface area contributed by atoms with Crippen LogP contribution in [-0.4, -0.2) is 20.3 Å². The zero-order valence-corrected chi connectivity index (χ0v) is 10.4. The van der Waals surface area contributed by atoms with Crippen LogP contribution in [0.2, 0.25) is 5.02 Å². The molecule has 2 nitrogen and oxygen atoms in total. The summed E-state index contributed by atoms with van der Waals surface area (Å²) in [5.41, 5.74) is 0.859. The molecule has 16 heavy (non-hydrogen) atoms. The molecule has 0 fully saturated rings. The van der Waals surface area contributed by atoms with Crippen molar-refractivity contribution < 1.29 is 9.13 Å². The summed E-state index contributed by atoms with van der Waals surface area (Å²) in [4.78, 5) is 0. The fourth-order valence-corrected chi connectivity index (χ4v) is 1.60. The van der Waals surface area contributed by atoms with Crippen LogP contribution < -0.4 is 5.32 Å². The summed E-state index contributed by atoms with van der Waals surface area (Å²) in [6, 6.07) is 4.85. The Balaban J connectivity index is 2.78. The highest BCUT2D eigenvalue weighted by Crippen LogP contribution is 2.20. The van der Waals surface area contributed by atoms with E-state index in [-0.39, 0.29) is 11.1 Å². The van der Waals surface area contributed by atoms with Gasteiger partial charge >= 0.3 is 0 Å². The largest absolute Gasteiger partial charge is 0.383 e. The molecule has 0 aliphatic carbocycles. The van der Waals surface area contributed by atoms with Crippen molar-refractivity contribution in [2.75, 3.05) is 20.3 Å². The molecule has 1 aromatic carbocycles. The Kier molecular flexibility index (Phi) is 5.74. The highest BCUT2D eigenvalue weighted by molar-refractivity contribution is 6.30. The van der Waals surface area contributed by atoms with Gasteiger partial charge in [-0.1, -0.05) is 24.6 Å². The minimum absolute atomic E-state index is 0.0108. The molecule has 0 radical (unpaired) electrons. The van der Waals surface area contributed by atoms with E-state index in [1.807, 2.05) is 6.07 Å². The third-order valence-electron chi connectivity index (χ3n) is 2.32. The van der Waals surface area contributed by atoms with Crippen LogP contribution >= 0.6 is 11.6 Å². The van der Waals surface area contributed by atoms with Gasteiger partial charge in [0, 0.05) is 7.11 Å². The van der Waals surface area contributed by atoms with Crippen LogP contribution in [-0.2, 0) is 4.74 Å². The molecule has 4 heteroatoms. The molecule has 0 spiro atoms. The maximum atomic E-state index is 13.3. The van der Waals surface area contributed by atoms with Gasteiger partial charge in [-0.3, -0.25) is 0 Å². The van der Waals surface area contributed by atoms with Crippen molar-refractivity contribution in [3.63, 3.8) is 0 Å². The lowest BCUT2D eigenvalue weighted by molar-refractivity contribution is 0.167. The van der Waals surface area contributed by atoms with E-state index >= 15 is 0 Å². The molecule has 0 bridgehead atoms. The lowest BCUT2D eigenvalue weighted by Gasteiger charge is -2.18. The van der Waals surface area contributed by atoms with E-state index in [9.17, 15) is 4.39 Å². The van der Waals surface area contributed by atoms with Gasteiger partial charge < -0.3 is 10.1 Å². The number of halogens is 2. The Morgan fingerprint density at radius 1 is 1.50 bits per heavy atom. The highest BCUT2D eigenvalue weighted by Gasteiger charge is 2.12. The summed E-state index contributed by atoms with van der Waals surface area (Å²) in [7, 11) is 1.63. The van der Waals surface area contributed by atoms with Crippen molar-refractivity contribution in [3.8, 4) is 0 Å². The monoisotopic (exact) mass is 245 g/mol. The predicted molar refractivity (Wildman–Crippen MR) is 64.3 cm³/mol. The maximum absolute atomic E-state index is 13.3. The lowest BCUT2D eigenvalue weighted by Crippen LogP contribution is -2.26. The number of ether oxygens (including phenoxy) is 1. The fraction of sp³-hybridized carbons (Fsp3) is 0.500. The SMILES string of the molecule is CCCNC(COC)c1ccc(Cl)c(F)c1. The maximum Gasteiger partial charge on any atom is 0.142 e. The number of benzene rings is 1. The van der Waals surface area contributed by atoms with Gasteiger partial charge in [0.2, 0.25) is 0 Å². The van der Waals surface area contributed by atoms with Gasteiger partial charge in [-0.05, 0) is 30.7 Å². The average Bonchev–Trinajstić information content (AvgIpc) is 2.28. The van der Waals surface area contributed by atoms with Crippen molar-refractivity contribution >= 4 is 11.6 Å². The second kappa shape index (κ2) is 6.84. The van der Waals surface area contributed by atoms with Crippen LogP contribution in [0.4, 0.5) is 4.39 Å². The molecule has 0 heterocycles. The van der Waals surface area contributed by atoms with Crippen LogP contribution in [0.1, 0.15) is 24.9 Å². The van der Waals surface area contributed by atoms with Gasteiger partial charge in [0.05, 0.1) is 17.7 Å². The number of nitrogens with one attached hydrogen (secondary N) is 1. The Bertz CT molecular complexity index is 333. The normalized spacial score (nSPS) is 12.8. The molecule has 90 valence electrons. The van der Waals surface area contributed by atoms with E-state index in [1.54, 1.807) is 13.2 Å². The van der Waals surface area contributed by atoms with Gasteiger partial charge in [-0.25, -0.2) is 4.39 Å². The van der Waals surface area contributed by atoms with Crippen LogP contribution in [0.15, 0.2) is 18.2 Å². The number of hydrogen-bond donors (Lipinski definition) is 1. The van der Waals surface area contributed by atoms with Crippen LogP contribution in [0, 0.1) is 5.82 Å². The van der Waals surface area contributed by atoms with Gasteiger partial charge in [0.1, 0.15) is 5.82 Å². The smallest absolute Gasteiger partial charge is 0.142 e. The Labute approximate surface area is 101 Å². The summed E-state index contributed by atoms with van der Waals surface area (Å²) < 4.78 is 18.4. The van der Waals surface area contributed by atoms with Crippen molar-refractivity contribution in [1.29, 1.82) is 0 Å². The first kappa shape index (κ1) is 13.4. The topological polar surface area (TPSA) is 21.3 Å². The molecule has 1 rings (SSSR count). The molecule has 0 saturated heterocycles. The zero-order valence-electron chi connectivity index (χ0n) is 9.59. The molecule has 0 aromatic heterocycles. The first-order valence-corrected chi connectivity index (χ1v) is 5.74. The summed E-state index contributed by atoms with van der Waals surface area (Å²) in [6.07, 6.45) is 1.02. The molecule has 1 aromatic rings. The van der Waals surface area contributed by atoms with Crippen molar-refractivity contribution in [3.05, 3.63) is 34.6 Å². The quantitative estimate of drug-likeness (QED) is 0.831.